The molecule has 2 aromatic carbocycles. The zero-order valence-corrected chi connectivity index (χ0v) is 13.5. The fourth-order valence-corrected chi connectivity index (χ4v) is 3.00. The lowest BCUT2D eigenvalue weighted by atomic mass is 10.0. The molecule has 5 heteroatoms. The van der Waals surface area contributed by atoms with Crippen LogP contribution < -0.4 is 9.47 Å². The Morgan fingerprint density at radius 2 is 1.71 bits per heavy atom. The zero-order chi connectivity index (χ0) is 14.8. The van der Waals surface area contributed by atoms with Crippen molar-refractivity contribution in [2.24, 2.45) is 0 Å². The molecule has 2 aromatic rings. The molecular formula is C16H14BrClO3. The van der Waals surface area contributed by atoms with E-state index in [1.807, 2.05) is 36.4 Å². The van der Waals surface area contributed by atoms with E-state index in [1.165, 1.54) is 0 Å². The summed E-state index contributed by atoms with van der Waals surface area (Å²) in [7, 11) is 0. The smallest absolute Gasteiger partial charge is 0.162 e. The van der Waals surface area contributed by atoms with Gasteiger partial charge in [0.2, 0.25) is 0 Å². The van der Waals surface area contributed by atoms with Gasteiger partial charge in [0, 0.05) is 15.9 Å². The second kappa shape index (κ2) is 6.26. The number of aliphatic hydroxyl groups excluding tert-OH is 1. The summed E-state index contributed by atoms with van der Waals surface area (Å²) < 4.78 is 11.9. The van der Waals surface area contributed by atoms with E-state index >= 15 is 0 Å². The molecule has 21 heavy (non-hydrogen) atoms. The molecule has 0 saturated heterocycles. The molecule has 3 nitrogen and oxygen atoms in total. The maximum atomic E-state index is 10.5. The number of fused-ring (bicyclic) bond motifs is 1. The van der Waals surface area contributed by atoms with Crippen LogP contribution in [0.2, 0.25) is 5.02 Å². The first-order valence-corrected chi connectivity index (χ1v) is 7.82. The van der Waals surface area contributed by atoms with Gasteiger partial charge in [-0.2, -0.15) is 0 Å². The van der Waals surface area contributed by atoms with E-state index in [0.29, 0.717) is 36.2 Å². The minimum Gasteiger partial charge on any atom is -0.486 e. The summed E-state index contributed by atoms with van der Waals surface area (Å²) in [5, 5.41) is 11.2. The number of hydrogen-bond donors (Lipinski definition) is 1. The van der Waals surface area contributed by atoms with Gasteiger partial charge in [0.15, 0.2) is 11.5 Å². The van der Waals surface area contributed by atoms with E-state index in [1.54, 1.807) is 0 Å². The van der Waals surface area contributed by atoms with Crippen molar-refractivity contribution in [2.45, 2.75) is 12.5 Å². The minimum atomic E-state index is -0.628. The van der Waals surface area contributed by atoms with Crippen molar-refractivity contribution < 1.29 is 14.6 Å². The van der Waals surface area contributed by atoms with Crippen LogP contribution in [0.15, 0.2) is 40.9 Å². The Balaban J connectivity index is 1.83. The largest absolute Gasteiger partial charge is 0.486 e. The lowest BCUT2D eigenvalue weighted by Gasteiger charge is -2.21. The van der Waals surface area contributed by atoms with Crippen molar-refractivity contribution in [1.29, 1.82) is 0 Å². The van der Waals surface area contributed by atoms with Crippen molar-refractivity contribution in [3.05, 3.63) is 57.0 Å². The summed E-state index contributed by atoms with van der Waals surface area (Å²) in [6.45, 7) is 1.08. The van der Waals surface area contributed by atoms with Crippen LogP contribution in [0.3, 0.4) is 0 Å². The molecule has 0 bridgehead atoms. The van der Waals surface area contributed by atoms with Crippen LogP contribution in [-0.2, 0) is 6.42 Å². The lowest BCUT2D eigenvalue weighted by molar-refractivity contribution is 0.164. The molecule has 3 rings (SSSR count). The summed E-state index contributed by atoms with van der Waals surface area (Å²) in [5.74, 6) is 1.38. The maximum absolute atomic E-state index is 10.5. The summed E-state index contributed by atoms with van der Waals surface area (Å²) in [4.78, 5) is 0. The van der Waals surface area contributed by atoms with E-state index in [4.69, 9.17) is 21.1 Å². The van der Waals surface area contributed by atoms with Crippen molar-refractivity contribution >= 4 is 27.5 Å². The summed E-state index contributed by atoms with van der Waals surface area (Å²) in [6.07, 6.45) is -0.119. The van der Waals surface area contributed by atoms with Gasteiger partial charge in [-0.25, -0.2) is 0 Å². The predicted octanol–water partition coefficient (Wildman–Crippen LogP) is 4.15. The Labute approximate surface area is 136 Å². The predicted molar refractivity (Wildman–Crippen MR) is 85.2 cm³/mol. The summed E-state index contributed by atoms with van der Waals surface area (Å²) in [5.41, 5.74) is 1.81. The fraction of sp³-hybridized carbons (Fsp3) is 0.250. The molecule has 110 valence electrons. The van der Waals surface area contributed by atoms with E-state index < -0.39 is 6.10 Å². The highest BCUT2D eigenvalue weighted by Crippen LogP contribution is 2.38. The lowest BCUT2D eigenvalue weighted by Crippen LogP contribution is -2.16. The van der Waals surface area contributed by atoms with E-state index in [9.17, 15) is 5.11 Å². The van der Waals surface area contributed by atoms with Crippen LogP contribution in [0, 0.1) is 0 Å². The highest BCUT2D eigenvalue weighted by atomic mass is 79.9. The SMILES string of the molecule is OC(Cc1ccc(Cl)cc1)c1cc2c(cc1Br)OCCO2. The molecule has 1 heterocycles. The van der Waals surface area contributed by atoms with E-state index in [0.717, 1.165) is 15.6 Å². The Morgan fingerprint density at radius 1 is 1.10 bits per heavy atom. The van der Waals surface area contributed by atoms with Gasteiger partial charge in [-0.1, -0.05) is 39.7 Å². The molecule has 1 aliphatic heterocycles. The molecule has 0 saturated carbocycles. The Morgan fingerprint density at radius 3 is 2.38 bits per heavy atom. The van der Waals surface area contributed by atoms with Gasteiger partial charge >= 0.3 is 0 Å². The Bertz CT molecular complexity index is 643. The molecule has 0 radical (unpaired) electrons. The zero-order valence-electron chi connectivity index (χ0n) is 11.2. The van der Waals surface area contributed by atoms with Gasteiger partial charge < -0.3 is 14.6 Å². The molecule has 1 unspecified atom stereocenters. The first-order valence-electron chi connectivity index (χ1n) is 6.65. The molecule has 0 aromatic heterocycles. The van der Waals surface area contributed by atoms with Crippen molar-refractivity contribution in [2.75, 3.05) is 13.2 Å². The van der Waals surface area contributed by atoms with Crippen LogP contribution in [0.1, 0.15) is 17.2 Å². The maximum Gasteiger partial charge on any atom is 0.162 e. The fourth-order valence-electron chi connectivity index (χ4n) is 2.29. The monoisotopic (exact) mass is 368 g/mol. The number of ether oxygens (including phenoxy) is 2. The number of aliphatic hydroxyl groups is 1. The summed E-state index contributed by atoms with van der Waals surface area (Å²) >= 11 is 9.35. The van der Waals surface area contributed by atoms with Gasteiger partial charge in [-0.15, -0.1) is 0 Å². The van der Waals surface area contributed by atoms with Crippen LogP contribution in [-0.4, -0.2) is 18.3 Å². The number of rotatable bonds is 3. The standard InChI is InChI=1S/C16H14BrClO3/c17-13-9-16-15(20-5-6-21-16)8-12(13)14(19)7-10-1-3-11(18)4-2-10/h1-4,8-9,14,19H,5-7H2. The Kier molecular flexibility index (Phi) is 4.38. The third kappa shape index (κ3) is 3.34. The van der Waals surface area contributed by atoms with Gasteiger partial charge in [-0.3, -0.25) is 0 Å². The van der Waals surface area contributed by atoms with Gasteiger partial charge in [-0.05, 0) is 35.4 Å². The average molecular weight is 370 g/mol. The first kappa shape index (κ1) is 14.7. The third-order valence-corrected chi connectivity index (χ3v) is 4.30. The van der Waals surface area contributed by atoms with Crippen LogP contribution >= 0.6 is 27.5 Å². The quantitative estimate of drug-likeness (QED) is 0.883. The van der Waals surface area contributed by atoms with Gasteiger partial charge in [0.05, 0.1) is 6.10 Å². The second-order valence-electron chi connectivity index (χ2n) is 4.86. The number of halogens is 2. The average Bonchev–Trinajstić information content (AvgIpc) is 2.49. The molecule has 0 amide bonds. The van der Waals surface area contributed by atoms with E-state index in [2.05, 4.69) is 15.9 Å². The van der Waals surface area contributed by atoms with Gasteiger partial charge in [0.1, 0.15) is 13.2 Å². The normalized spacial score (nSPS) is 14.8. The third-order valence-electron chi connectivity index (χ3n) is 3.36. The second-order valence-corrected chi connectivity index (χ2v) is 6.15. The molecule has 1 aliphatic rings. The topological polar surface area (TPSA) is 38.7 Å². The molecule has 0 aliphatic carbocycles. The van der Waals surface area contributed by atoms with E-state index in [-0.39, 0.29) is 0 Å². The molecule has 0 spiro atoms. The van der Waals surface area contributed by atoms with Crippen LogP contribution in [0.5, 0.6) is 11.5 Å². The highest BCUT2D eigenvalue weighted by Gasteiger charge is 2.19. The van der Waals surface area contributed by atoms with Crippen molar-refractivity contribution in [3.8, 4) is 11.5 Å². The van der Waals surface area contributed by atoms with Crippen LogP contribution in [0.4, 0.5) is 0 Å². The summed E-state index contributed by atoms with van der Waals surface area (Å²) in [6, 6.07) is 11.1. The number of hydrogen-bond acceptors (Lipinski definition) is 3. The molecule has 0 fully saturated rings. The van der Waals surface area contributed by atoms with Gasteiger partial charge in [0.25, 0.3) is 0 Å². The van der Waals surface area contributed by atoms with Crippen LogP contribution in [0.25, 0.3) is 0 Å². The Hall–Kier alpha value is -1.23. The molecular weight excluding hydrogens is 356 g/mol. The van der Waals surface area contributed by atoms with Crippen molar-refractivity contribution in [3.63, 3.8) is 0 Å². The first-order chi connectivity index (χ1) is 10.1. The highest BCUT2D eigenvalue weighted by molar-refractivity contribution is 9.10. The molecule has 1 N–H and O–H groups in total. The minimum absolute atomic E-state index is 0.509. The molecule has 1 atom stereocenters. The number of benzene rings is 2. The van der Waals surface area contributed by atoms with Crippen molar-refractivity contribution in [1.82, 2.24) is 0 Å².